The van der Waals surface area contributed by atoms with Crippen molar-refractivity contribution >= 4 is 33.3 Å². The lowest BCUT2D eigenvalue weighted by molar-refractivity contribution is -0.0568. The van der Waals surface area contributed by atoms with Crippen molar-refractivity contribution in [1.29, 1.82) is 5.26 Å². The van der Waals surface area contributed by atoms with E-state index in [9.17, 15) is 18.8 Å². The molecule has 0 radical (unpaired) electrons. The minimum atomic E-state index is -3.73. The second-order valence-corrected chi connectivity index (χ2v) is 12.1. The molecule has 3 N–H and O–H groups in total. The van der Waals surface area contributed by atoms with E-state index in [1.807, 2.05) is 6.19 Å². The summed E-state index contributed by atoms with van der Waals surface area (Å²) in [5.41, 5.74) is 0.0313. The van der Waals surface area contributed by atoms with Crippen LogP contribution in [-0.2, 0) is 10.0 Å². The summed E-state index contributed by atoms with van der Waals surface area (Å²) in [6.07, 6.45) is 2.35. The van der Waals surface area contributed by atoms with Gasteiger partial charge in [-0.25, -0.2) is 13.4 Å². The monoisotopic (exact) mass is 531 g/mol. The van der Waals surface area contributed by atoms with E-state index in [0.717, 1.165) is 12.8 Å². The quantitative estimate of drug-likeness (QED) is 0.236. The zero-order chi connectivity index (χ0) is 26.1. The van der Waals surface area contributed by atoms with Gasteiger partial charge in [0, 0.05) is 29.4 Å². The first-order chi connectivity index (χ1) is 17.0. The van der Waals surface area contributed by atoms with E-state index in [4.69, 9.17) is 16.3 Å². The maximum absolute atomic E-state index is 13.4. The third kappa shape index (κ3) is 5.44. The van der Waals surface area contributed by atoms with E-state index in [2.05, 4.69) is 22.5 Å². The molecule has 2 aromatic carbocycles. The lowest BCUT2D eigenvalue weighted by Crippen LogP contribution is -2.49. The van der Waals surface area contributed by atoms with E-state index in [1.54, 1.807) is 44.2 Å². The van der Waals surface area contributed by atoms with E-state index >= 15 is 0 Å². The average Bonchev–Trinajstić information content (AvgIpc) is 2.83. The van der Waals surface area contributed by atoms with Crippen LogP contribution in [0.2, 0.25) is 5.02 Å². The Bertz CT molecular complexity index is 1280. The van der Waals surface area contributed by atoms with Gasteiger partial charge in [0.1, 0.15) is 23.5 Å². The van der Waals surface area contributed by atoms with Gasteiger partial charge in [-0.05, 0) is 75.1 Å². The first-order valence-electron chi connectivity index (χ1n) is 11.8. The predicted molar refractivity (Wildman–Crippen MR) is 138 cm³/mol. The number of ether oxygens (including phenoxy) is 1. The van der Waals surface area contributed by atoms with Crippen molar-refractivity contribution in [3.63, 3.8) is 0 Å². The Kier molecular flexibility index (Phi) is 7.48. The summed E-state index contributed by atoms with van der Waals surface area (Å²) >= 11 is 5.96. The van der Waals surface area contributed by atoms with Gasteiger partial charge in [0.25, 0.3) is 0 Å². The second-order valence-electron chi connectivity index (χ2n) is 9.73. The number of sulfonamides is 1. The SMILES string of the molecule is CC1CCN(S(=O)(=O)c2ccc3c(c2)[C@@H](N=C(NC#N)Nc2ccc(Cl)cc2)[C@H](O)C(C)(C)O3)CC1. The molecule has 0 aromatic heterocycles. The zero-order valence-corrected chi connectivity index (χ0v) is 22.0. The van der Waals surface area contributed by atoms with Gasteiger partial charge in [0.2, 0.25) is 16.0 Å². The molecule has 2 aliphatic rings. The van der Waals surface area contributed by atoms with E-state index in [-0.39, 0.29) is 10.9 Å². The normalized spacial score (nSPS) is 22.7. The molecule has 4 rings (SSSR count). The van der Waals surface area contributed by atoms with Crippen LogP contribution in [0.1, 0.15) is 45.2 Å². The Hall–Kier alpha value is -2.84. The van der Waals surface area contributed by atoms with Crippen LogP contribution in [0.15, 0.2) is 52.4 Å². The smallest absolute Gasteiger partial charge is 0.243 e. The molecular weight excluding hydrogens is 502 g/mol. The van der Waals surface area contributed by atoms with Crippen LogP contribution in [-0.4, -0.2) is 48.6 Å². The summed E-state index contributed by atoms with van der Waals surface area (Å²) in [6, 6.07) is 10.6. The topological polar surface area (TPSA) is 127 Å². The summed E-state index contributed by atoms with van der Waals surface area (Å²) in [5, 5.41) is 26.6. The number of piperidine rings is 1. The maximum atomic E-state index is 13.4. The molecule has 9 nitrogen and oxygen atoms in total. The van der Waals surface area contributed by atoms with Gasteiger partial charge in [0.15, 0.2) is 6.19 Å². The molecule has 36 heavy (non-hydrogen) atoms. The van der Waals surface area contributed by atoms with Crippen LogP contribution >= 0.6 is 11.6 Å². The Labute approximate surface area is 216 Å². The van der Waals surface area contributed by atoms with Crippen molar-refractivity contribution in [2.75, 3.05) is 18.4 Å². The number of anilines is 1. The number of nitrogens with one attached hydrogen (secondary N) is 2. The number of guanidine groups is 1. The third-order valence-electron chi connectivity index (χ3n) is 6.61. The summed E-state index contributed by atoms with van der Waals surface area (Å²) in [4.78, 5) is 4.72. The van der Waals surface area contributed by atoms with Crippen molar-refractivity contribution < 1.29 is 18.3 Å². The highest BCUT2D eigenvalue weighted by atomic mass is 35.5. The van der Waals surface area contributed by atoms with Gasteiger partial charge in [-0.15, -0.1) is 0 Å². The molecule has 0 amide bonds. The summed E-state index contributed by atoms with van der Waals surface area (Å²) in [7, 11) is -3.73. The molecule has 2 aliphatic heterocycles. The minimum absolute atomic E-state index is 0.0887. The van der Waals surface area contributed by atoms with E-state index in [0.29, 0.717) is 41.0 Å². The number of rotatable bonds is 4. The highest BCUT2D eigenvalue weighted by molar-refractivity contribution is 7.89. The molecular formula is C25H30ClN5O4S. The van der Waals surface area contributed by atoms with Crippen molar-refractivity contribution in [1.82, 2.24) is 9.62 Å². The molecule has 1 saturated heterocycles. The zero-order valence-electron chi connectivity index (χ0n) is 20.4. The number of benzene rings is 2. The molecule has 1 fully saturated rings. The van der Waals surface area contributed by atoms with E-state index in [1.165, 1.54) is 16.4 Å². The molecule has 2 atom stereocenters. The van der Waals surface area contributed by atoms with Crippen molar-refractivity contribution in [3.05, 3.63) is 53.1 Å². The Balaban J connectivity index is 1.74. The van der Waals surface area contributed by atoms with E-state index < -0.39 is 27.8 Å². The van der Waals surface area contributed by atoms with Crippen LogP contribution < -0.4 is 15.4 Å². The summed E-state index contributed by atoms with van der Waals surface area (Å²) in [5.74, 6) is 1.00. The lowest BCUT2D eigenvalue weighted by atomic mass is 9.87. The molecule has 11 heteroatoms. The fraction of sp³-hybridized carbons (Fsp3) is 0.440. The van der Waals surface area contributed by atoms with Gasteiger partial charge in [-0.3, -0.25) is 5.32 Å². The van der Waals surface area contributed by atoms with Gasteiger partial charge in [-0.2, -0.15) is 9.57 Å². The van der Waals surface area contributed by atoms with Crippen LogP contribution in [0, 0.1) is 17.4 Å². The number of nitriles is 1. The number of hydrogen-bond donors (Lipinski definition) is 3. The highest BCUT2D eigenvalue weighted by Crippen LogP contribution is 2.43. The number of aliphatic hydroxyl groups excluding tert-OH is 1. The fourth-order valence-electron chi connectivity index (χ4n) is 4.38. The molecule has 2 aromatic rings. The minimum Gasteiger partial charge on any atom is -0.485 e. The molecule has 0 aliphatic carbocycles. The average molecular weight is 532 g/mol. The molecule has 0 bridgehead atoms. The van der Waals surface area contributed by atoms with Gasteiger partial charge < -0.3 is 15.2 Å². The largest absolute Gasteiger partial charge is 0.485 e. The Morgan fingerprint density at radius 1 is 1.22 bits per heavy atom. The number of fused-ring (bicyclic) bond motifs is 1. The number of hydrogen-bond acceptors (Lipinski definition) is 6. The Morgan fingerprint density at radius 2 is 1.89 bits per heavy atom. The molecule has 2 heterocycles. The molecule has 0 saturated carbocycles. The predicted octanol–water partition coefficient (Wildman–Crippen LogP) is 3.87. The van der Waals surface area contributed by atoms with Crippen molar-refractivity contribution in [3.8, 4) is 11.9 Å². The second kappa shape index (κ2) is 10.3. The summed E-state index contributed by atoms with van der Waals surface area (Å²) in [6.45, 7) is 6.52. The molecule has 192 valence electrons. The molecule has 0 spiro atoms. The first kappa shape index (κ1) is 26.2. The first-order valence-corrected chi connectivity index (χ1v) is 13.6. The van der Waals surface area contributed by atoms with Gasteiger partial charge in [-0.1, -0.05) is 18.5 Å². The van der Waals surface area contributed by atoms with Crippen LogP contribution in [0.4, 0.5) is 5.69 Å². The lowest BCUT2D eigenvalue weighted by Gasteiger charge is -2.41. The number of aliphatic imine (C=N–C) groups is 1. The standard InChI is InChI=1S/C25H30ClN5O4S/c1-16-10-12-31(13-11-16)36(33,34)19-8-9-21-20(14-19)22(23(32)25(2,3)35-21)30-24(28-15-27)29-18-6-4-17(26)5-7-18/h4-9,14,16,22-23,32H,10-13H2,1-3H3,(H2,28,29,30)/t22-,23+/m1/s1. The van der Waals surface area contributed by atoms with Crippen LogP contribution in [0.25, 0.3) is 0 Å². The number of aliphatic hydroxyl groups is 1. The number of nitrogens with zero attached hydrogens (tertiary/aromatic N) is 3. The third-order valence-corrected chi connectivity index (χ3v) is 8.76. The Morgan fingerprint density at radius 3 is 2.53 bits per heavy atom. The number of halogens is 1. The van der Waals surface area contributed by atoms with Crippen molar-refractivity contribution in [2.24, 2.45) is 10.9 Å². The van der Waals surface area contributed by atoms with Crippen LogP contribution in [0.5, 0.6) is 5.75 Å². The summed E-state index contributed by atoms with van der Waals surface area (Å²) < 4.78 is 34.3. The maximum Gasteiger partial charge on any atom is 0.243 e. The van der Waals surface area contributed by atoms with Crippen molar-refractivity contribution in [2.45, 2.75) is 56.3 Å². The highest BCUT2D eigenvalue weighted by Gasteiger charge is 2.44. The van der Waals surface area contributed by atoms with Crippen LogP contribution in [0.3, 0.4) is 0 Å². The fourth-order valence-corrected chi connectivity index (χ4v) is 6.01. The van der Waals surface area contributed by atoms with Gasteiger partial charge in [0.05, 0.1) is 4.90 Å². The molecule has 0 unspecified atom stereocenters. The van der Waals surface area contributed by atoms with Gasteiger partial charge >= 0.3 is 0 Å².